The van der Waals surface area contributed by atoms with Crippen LogP contribution in [0, 0.1) is 0 Å². The van der Waals surface area contributed by atoms with Crippen molar-refractivity contribution in [3.63, 3.8) is 0 Å². The van der Waals surface area contributed by atoms with Gasteiger partial charge in [0.15, 0.2) is 5.11 Å². The number of nitrogens with zero attached hydrogens (tertiary/aromatic N) is 2. The lowest BCUT2D eigenvalue weighted by atomic mass is 9.93. The number of aryl methyl sites for hydroxylation is 1. The summed E-state index contributed by atoms with van der Waals surface area (Å²) >= 11 is 5.34. The van der Waals surface area contributed by atoms with Crippen LogP contribution < -0.4 is 5.32 Å². The number of aromatic nitrogens is 1. The fraction of sp³-hybridized carbons (Fsp3) is 0.409. The quantitative estimate of drug-likeness (QED) is 0.483. The third-order valence-electron chi connectivity index (χ3n) is 5.66. The number of carbonyl (C=O) groups excluding carboxylic acids is 2. The Morgan fingerprint density at radius 2 is 1.93 bits per heavy atom. The van der Waals surface area contributed by atoms with Gasteiger partial charge in [-0.3, -0.25) is 19.8 Å². The molecule has 1 aromatic carbocycles. The first-order chi connectivity index (χ1) is 13.6. The van der Waals surface area contributed by atoms with Gasteiger partial charge in [0.1, 0.15) is 5.57 Å². The van der Waals surface area contributed by atoms with Crippen LogP contribution in [0.3, 0.4) is 0 Å². The summed E-state index contributed by atoms with van der Waals surface area (Å²) in [5, 5.41) is 4.02. The molecule has 6 heteroatoms. The first kappa shape index (κ1) is 18.9. The zero-order chi connectivity index (χ0) is 19.7. The van der Waals surface area contributed by atoms with Gasteiger partial charge in [-0.2, -0.15) is 0 Å². The molecule has 2 aliphatic rings. The fourth-order valence-electron chi connectivity index (χ4n) is 4.31. The van der Waals surface area contributed by atoms with Gasteiger partial charge in [-0.1, -0.05) is 44.4 Å². The molecular formula is C22H25N3O2S. The van der Waals surface area contributed by atoms with Gasteiger partial charge in [-0.15, -0.1) is 0 Å². The van der Waals surface area contributed by atoms with Crippen LogP contribution in [-0.2, 0) is 16.1 Å². The highest BCUT2D eigenvalue weighted by molar-refractivity contribution is 7.80. The van der Waals surface area contributed by atoms with E-state index < -0.39 is 5.91 Å². The van der Waals surface area contributed by atoms with Gasteiger partial charge < -0.3 is 4.57 Å². The molecule has 0 atom stereocenters. The molecule has 1 saturated carbocycles. The average molecular weight is 396 g/mol. The van der Waals surface area contributed by atoms with E-state index in [1.54, 1.807) is 11.0 Å². The van der Waals surface area contributed by atoms with E-state index in [2.05, 4.69) is 22.9 Å². The van der Waals surface area contributed by atoms with Crippen molar-refractivity contribution in [2.24, 2.45) is 0 Å². The average Bonchev–Trinajstić information content (AvgIpc) is 3.04. The number of hydrogen-bond donors (Lipinski definition) is 1. The molecule has 4 rings (SSSR count). The first-order valence-electron chi connectivity index (χ1n) is 10.1. The molecule has 2 fully saturated rings. The lowest BCUT2D eigenvalue weighted by Gasteiger charge is -2.37. The Balaban J connectivity index is 1.74. The Hall–Kier alpha value is -2.47. The topological polar surface area (TPSA) is 54.3 Å². The van der Waals surface area contributed by atoms with Crippen molar-refractivity contribution < 1.29 is 9.59 Å². The number of benzene rings is 1. The van der Waals surface area contributed by atoms with Crippen molar-refractivity contribution in [1.29, 1.82) is 0 Å². The van der Waals surface area contributed by atoms with Crippen LogP contribution >= 0.6 is 12.2 Å². The molecular weight excluding hydrogens is 370 g/mol. The number of hydrogen-bond acceptors (Lipinski definition) is 3. The van der Waals surface area contributed by atoms with E-state index >= 15 is 0 Å². The summed E-state index contributed by atoms with van der Waals surface area (Å²) in [5.41, 5.74) is 2.16. The zero-order valence-corrected chi connectivity index (χ0v) is 16.9. The largest absolute Gasteiger partial charge is 0.347 e. The van der Waals surface area contributed by atoms with Crippen LogP contribution in [0.5, 0.6) is 0 Å². The number of thiocarbonyl (C=S) groups is 1. The maximum Gasteiger partial charge on any atom is 0.265 e. The third kappa shape index (κ3) is 3.37. The van der Waals surface area contributed by atoms with Gasteiger partial charge in [0, 0.05) is 35.2 Å². The molecule has 28 heavy (non-hydrogen) atoms. The minimum atomic E-state index is -0.408. The Morgan fingerprint density at radius 1 is 1.18 bits per heavy atom. The van der Waals surface area contributed by atoms with Crippen molar-refractivity contribution in [2.45, 2.75) is 58.0 Å². The second kappa shape index (κ2) is 7.87. The van der Waals surface area contributed by atoms with Gasteiger partial charge >= 0.3 is 0 Å². The lowest BCUT2D eigenvalue weighted by molar-refractivity contribution is -0.130. The molecule has 0 spiro atoms. The summed E-state index contributed by atoms with van der Waals surface area (Å²) in [6.07, 6.45) is 10.0. The van der Waals surface area contributed by atoms with Crippen LogP contribution in [0.15, 0.2) is 36.0 Å². The third-order valence-corrected chi connectivity index (χ3v) is 5.96. The summed E-state index contributed by atoms with van der Waals surface area (Å²) in [7, 11) is 0. The number of fused-ring (bicyclic) bond motifs is 1. The molecule has 1 aliphatic carbocycles. The molecule has 0 unspecified atom stereocenters. The Kier molecular flexibility index (Phi) is 5.31. The van der Waals surface area contributed by atoms with Crippen molar-refractivity contribution in [3.05, 3.63) is 41.6 Å². The molecule has 2 heterocycles. The van der Waals surface area contributed by atoms with Crippen LogP contribution in [0.2, 0.25) is 0 Å². The predicted molar refractivity (Wildman–Crippen MR) is 115 cm³/mol. The molecule has 1 aliphatic heterocycles. The molecule has 1 saturated heterocycles. The van der Waals surface area contributed by atoms with Crippen molar-refractivity contribution in [1.82, 2.24) is 14.8 Å². The first-order valence-corrected chi connectivity index (χ1v) is 10.5. The van der Waals surface area contributed by atoms with Crippen LogP contribution in [0.4, 0.5) is 0 Å². The highest BCUT2D eigenvalue weighted by Gasteiger charge is 2.38. The standard InChI is InChI=1S/C22H25N3O2S/c1-2-12-24-14-15(17-10-6-7-11-19(17)24)13-18-20(26)23-22(28)25(21(18)27)16-8-4-3-5-9-16/h6-7,10-11,13-14,16H,2-5,8-9,12H2,1H3,(H,23,26,28)/b18-13+. The summed E-state index contributed by atoms with van der Waals surface area (Å²) in [6.45, 7) is 3.02. The summed E-state index contributed by atoms with van der Waals surface area (Å²) < 4.78 is 2.18. The summed E-state index contributed by atoms with van der Waals surface area (Å²) in [5.74, 6) is -0.678. The van der Waals surface area contributed by atoms with Crippen LogP contribution in [0.25, 0.3) is 17.0 Å². The maximum atomic E-state index is 13.2. The molecule has 5 nitrogen and oxygen atoms in total. The Bertz CT molecular complexity index is 969. The number of nitrogens with one attached hydrogen (secondary N) is 1. The van der Waals surface area contributed by atoms with E-state index in [-0.39, 0.29) is 22.6 Å². The van der Waals surface area contributed by atoms with Gasteiger partial charge in [-0.05, 0) is 43.6 Å². The number of para-hydroxylation sites is 1. The normalized spacial score (nSPS) is 20.2. The van der Waals surface area contributed by atoms with Gasteiger partial charge in [-0.25, -0.2) is 0 Å². The molecule has 0 bridgehead atoms. The SMILES string of the molecule is CCCn1cc(/C=C2\C(=O)NC(=S)N(C3CCCCC3)C2=O)c2ccccc21. The fourth-order valence-corrected chi connectivity index (χ4v) is 4.64. The van der Waals surface area contributed by atoms with E-state index in [4.69, 9.17) is 12.2 Å². The van der Waals surface area contributed by atoms with Crippen molar-refractivity contribution in [3.8, 4) is 0 Å². The van der Waals surface area contributed by atoms with Crippen molar-refractivity contribution >= 4 is 46.1 Å². The molecule has 2 amide bonds. The highest BCUT2D eigenvalue weighted by Crippen LogP contribution is 2.28. The number of carbonyl (C=O) groups is 2. The predicted octanol–water partition coefficient (Wildman–Crippen LogP) is 4.01. The van der Waals surface area contributed by atoms with Crippen LogP contribution in [0.1, 0.15) is 51.0 Å². The highest BCUT2D eigenvalue weighted by atomic mass is 32.1. The molecule has 2 aromatic rings. The summed E-state index contributed by atoms with van der Waals surface area (Å²) in [6, 6.07) is 8.17. The minimum Gasteiger partial charge on any atom is -0.347 e. The van der Waals surface area contributed by atoms with E-state index in [1.165, 1.54) is 6.42 Å². The second-order valence-corrected chi connectivity index (χ2v) is 7.97. The van der Waals surface area contributed by atoms with E-state index in [0.29, 0.717) is 0 Å². The van der Waals surface area contributed by atoms with E-state index in [1.807, 2.05) is 24.4 Å². The number of amides is 2. The number of rotatable bonds is 4. The summed E-state index contributed by atoms with van der Waals surface area (Å²) in [4.78, 5) is 27.4. The van der Waals surface area contributed by atoms with Gasteiger partial charge in [0.2, 0.25) is 0 Å². The van der Waals surface area contributed by atoms with E-state index in [9.17, 15) is 9.59 Å². The van der Waals surface area contributed by atoms with Gasteiger partial charge in [0.05, 0.1) is 0 Å². The maximum absolute atomic E-state index is 13.2. The van der Waals surface area contributed by atoms with Crippen molar-refractivity contribution in [2.75, 3.05) is 0 Å². The molecule has 0 radical (unpaired) electrons. The van der Waals surface area contributed by atoms with Gasteiger partial charge in [0.25, 0.3) is 11.8 Å². The zero-order valence-electron chi connectivity index (χ0n) is 16.1. The Labute approximate surface area is 170 Å². The minimum absolute atomic E-state index is 0.0826. The smallest absolute Gasteiger partial charge is 0.265 e. The lowest BCUT2D eigenvalue weighted by Crippen LogP contribution is -2.57. The van der Waals surface area contributed by atoms with Crippen LogP contribution in [-0.4, -0.2) is 32.4 Å². The molecule has 1 aromatic heterocycles. The monoisotopic (exact) mass is 395 g/mol. The molecule has 146 valence electrons. The molecule has 1 N–H and O–H groups in total. The van der Waals surface area contributed by atoms with E-state index in [0.717, 1.165) is 55.1 Å². The second-order valence-electron chi connectivity index (χ2n) is 7.58. The Morgan fingerprint density at radius 3 is 2.68 bits per heavy atom.